The molecule has 1 saturated carbocycles. The summed E-state index contributed by atoms with van der Waals surface area (Å²) >= 11 is 0. The molecule has 1 saturated heterocycles. The summed E-state index contributed by atoms with van der Waals surface area (Å²) in [6.07, 6.45) is 8.48. The Hall–Kier alpha value is -0.675. The Balaban J connectivity index is 1.92. The topological polar surface area (TPSA) is 54.7 Å². The summed E-state index contributed by atoms with van der Waals surface area (Å²) in [5.41, 5.74) is -0.698. The molecule has 0 bridgehead atoms. The molecule has 2 rings (SSSR count). The first-order valence-electron chi connectivity index (χ1n) is 7.72. The van der Waals surface area contributed by atoms with Crippen molar-refractivity contribution in [3.05, 3.63) is 0 Å². The molecule has 1 N–H and O–H groups in total. The Morgan fingerprint density at radius 2 is 1.75 bits per heavy atom. The highest BCUT2D eigenvalue weighted by Crippen LogP contribution is 2.39. The van der Waals surface area contributed by atoms with Crippen molar-refractivity contribution < 1.29 is 9.31 Å². The highest BCUT2D eigenvalue weighted by Gasteiger charge is 2.53. The van der Waals surface area contributed by atoms with Crippen LogP contribution < -0.4 is 0 Å². The van der Waals surface area contributed by atoms with E-state index in [1.807, 2.05) is 33.9 Å². The van der Waals surface area contributed by atoms with E-state index in [9.17, 15) is 0 Å². The van der Waals surface area contributed by atoms with Crippen LogP contribution in [-0.4, -0.2) is 37.3 Å². The average molecular weight is 278 g/mol. The molecule has 1 atom stereocenters. The van der Waals surface area contributed by atoms with Gasteiger partial charge in [-0.1, -0.05) is 12.8 Å². The van der Waals surface area contributed by atoms with Gasteiger partial charge >= 0.3 is 7.12 Å². The smallest absolute Gasteiger partial charge is 0.403 e. The largest absolute Gasteiger partial charge is 0.472 e. The van der Waals surface area contributed by atoms with Crippen molar-refractivity contribution >= 4 is 19.5 Å². The van der Waals surface area contributed by atoms with Crippen LogP contribution in [0.15, 0.2) is 4.99 Å². The molecule has 1 aliphatic carbocycles. The van der Waals surface area contributed by atoms with Gasteiger partial charge in [0, 0.05) is 19.0 Å². The van der Waals surface area contributed by atoms with Gasteiger partial charge in [0.1, 0.15) is 0 Å². The summed E-state index contributed by atoms with van der Waals surface area (Å²) in [5, 5.41) is 7.60. The van der Waals surface area contributed by atoms with E-state index in [0.717, 1.165) is 12.5 Å². The van der Waals surface area contributed by atoms with Gasteiger partial charge in [0.05, 0.1) is 17.0 Å². The van der Waals surface area contributed by atoms with E-state index in [0.29, 0.717) is 0 Å². The molecule has 112 valence electrons. The van der Waals surface area contributed by atoms with E-state index in [1.165, 1.54) is 31.9 Å². The third-order valence-corrected chi connectivity index (χ3v) is 4.89. The third-order valence-electron chi connectivity index (χ3n) is 4.89. The summed E-state index contributed by atoms with van der Waals surface area (Å²) in [5.74, 6) is 0.536. The van der Waals surface area contributed by atoms with Crippen molar-refractivity contribution in [1.29, 1.82) is 5.41 Å². The molecule has 0 spiro atoms. The summed E-state index contributed by atoms with van der Waals surface area (Å²) in [4.78, 5) is 4.53. The van der Waals surface area contributed by atoms with Crippen molar-refractivity contribution in [2.75, 3.05) is 6.54 Å². The minimum Gasteiger partial charge on any atom is -0.403 e. The molecular formula is C15H27BN2O2. The van der Waals surface area contributed by atoms with Gasteiger partial charge in [-0.3, -0.25) is 4.99 Å². The molecule has 0 amide bonds. The zero-order valence-electron chi connectivity index (χ0n) is 13.2. The number of rotatable bonds is 5. The van der Waals surface area contributed by atoms with Gasteiger partial charge in [-0.15, -0.1) is 0 Å². The van der Waals surface area contributed by atoms with E-state index in [1.54, 1.807) is 0 Å². The van der Waals surface area contributed by atoms with Crippen molar-refractivity contribution in [2.45, 2.75) is 70.4 Å². The third kappa shape index (κ3) is 3.31. The zero-order valence-corrected chi connectivity index (χ0v) is 13.2. The Bertz CT molecular complexity index is 360. The normalized spacial score (nSPS) is 27.3. The van der Waals surface area contributed by atoms with Crippen LogP contribution in [0.5, 0.6) is 0 Å². The molecular weight excluding hydrogens is 251 g/mol. The van der Waals surface area contributed by atoms with Crippen LogP contribution in [0.3, 0.4) is 0 Å². The first-order valence-corrected chi connectivity index (χ1v) is 7.72. The quantitative estimate of drug-likeness (QED) is 0.619. The number of hydrogen-bond donors (Lipinski definition) is 1. The molecule has 5 heteroatoms. The lowest BCUT2D eigenvalue weighted by atomic mass is 9.73. The van der Waals surface area contributed by atoms with Gasteiger partial charge in [-0.2, -0.15) is 0 Å². The molecule has 1 aliphatic heterocycles. The molecule has 0 aromatic rings. The van der Waals surface area contributed by atoms with Crippen molar-refractivity contribution in [3.8, 4) is 0 Å². The fourth-order valence-corrected chi connectivity index (χ4v) is 2.76. The van der Waals surface area contributed by atoms with Crippen LogP contribution in [0, 0.1) is 11.3 Å². The molecule has 1 heterocycles. The van der Waals surface area contributed by atoms with Crippen LogP contribution in [0.2, 0.25) is 5.82 Å². The average Bonchev–Trinajstić information content (AvgIpc) is 2.92. The van der Waals surface area contributed by atoms with Gasteiger partial charge in [0.2, 0.25) is 0 Å². The highest BCUT2D eigenvalue weighted by molar-refractivity contribution is 6.56. The molecule has 2 aliphatic rings. The lowest BCUT2D eigenvalue weighted by molar-refractivity contribution is 0.00578. The molecule has 2 fully saturated rings. The van der Waals surface area contributed by atoms with Gasteiger partial charge < -0.3 is 14.7 Å². The van der Waals surface area contributed by atoms with Crippen molar-refractivity contribution in [1.82, 2.24) is 0 Å². The fraction of sp³-hybridized carbons (Fsp3) is 0.867. The second-order valence-corrected chi connectivity index (χ2v) is 7.03. The molecule has 1 unspecified atom stereocenters. The van der Waals surface area contributed by atoms with E-state index < -0.39 is 7.12 Å². The van der Waals surface area contributed by atoms with Crippen molar-refractivity contribution in [2.24, 2.45) is 10.9 Å². The van der Waals surface area contributed by atoms with Gasteiger partial charge in [-0.25, -0.2) is 0 Å². The summed E-state index contributed by atoms with van der Waals surface area (Å²) in [6, 6.07) is 0. The van der Waals surface area contributed by atoms with Crippen LogP contribution in [0.4, 0.5) is 0 Å². The Morgan fingerprint density at radius 3 is 2.25 bits per heavy atom. The van der Waals surface area contributed by atoms with E-state index in [4.69, 9.17) is 14.7 Å². The molecule has 20 heavy (non-hydrogen) atoms. The summed E-state index contributed by atoms with van der Waals surface area (Å²) < 4.78 is 11.9. The maximum Gasteiger partial charge on any atom is 0.472 e. The fourth-order valence-electron chi connectivity index (χ4n) is 2.76. The monoisotopic (exact) mass is 278 g/mol. The maximum atomic E-state index is 7.60. The Kier molecular flexibility index (Phi) is 4.70. The van der Waals surface area contributed by atoms with Crippen LogP contribution in [0.25, 0.3) is 0 Å². The van der Waals surface area contributed by atoms with E-state index >= 15 is 0 Å². The zero-order chi connectivity index (χ0) is 14.8. The van der Waals surface area contributed by atoms with Crippen LogP contribution >= 0.6 is 0 Å². The van der Waals surface area contributed by atoms with E-state index in [-0.39, 0.29) is 17.0 Å². The first-order chi connectivity index (χ1) is 9.36. The number of nitrogens with zero attached hydrogens (tertiary/aromatic N) is 1. The molecule has 0 aromatic heterocycles. The van der Waals surface area contributed by atoms with Crippen LogP contribution in [-0.2, 0) is 9.31 Å². The van der Waals surface area contributed by atoms with Gasteiger partial charge in [0.15, 0.2) is 0 Å². The Labute approximate surface area is 123 Å². The van der Waals surface area contributed by atoms with Gasteiger partial charge in [-0.05, 0) is 46.5 Å². The highest BCUT2D eigenvalue weighted by atomic mass is 16.7. The molecule has 0 aromatic carbocycles. The summed E-state index contributed by atoms with van der Waals surface area (Å²) in [6.45, 7) is 9.00. The lowest BCUT2D eigenvalue weighted by Crippen LogP contribution is -2.41. The predicted molar refractivity (Wildman–Crippen MR) is 83.9 cm³/mol. The number of nitrogens with one attached hydrogen (secondary N) is 1. The second-order valence-electron chi connectivity index (χ2n) is 7.03. The Morgan fingerprint density at radius 1 is 1.20 bits per heavy atom. The summed E-state index contributed by atoms with van der Waals surface area (Å²) in [7, 11) is -0.398. The SMILES string of the molecule is CC1(C)OB(C(C=N)C=NCC2CCCC2)OC1(C)C. The van der Waals surface area contributed by atoms with E-state index in [2.05, 4.69) is 4.99 Å². The second kappa shape index (κ2) is 5.98. The predicted octanol–water partition coefficient (Wildman–Crippen LogP) is 3.36. The lowest BCUT2D eigenvalue weighted by Gasteiger charge is -2.32. The van der Waals surface area contributed by atoms with Crippen molar-refractivity contribution in [3.63, 3.8) is 0 Å². The first kappa shape index (κ1) is 15.7. The molecule has 4 nitrogen and oxygen atoms in total. The number of hydrogen-bond acceptors (Lipinski definition) is 4. The standard InChI is InChI=1S/C15H27BN2O2/c1-14(2)15(3,4)20-16(19-14)13(9-17)11-18-10-12-7-5-6-8-12/h9,11-13,17H,5-8,10H2,1-4H3. The number of aliphatic imine (C=N–C) groups is 1. The minimum absolute atomic E-state index is 0.197. The van der Waals surface area contributed by atoms with Gasteiger partial charge in [0.25, 0.3) is 0 Å². The van der Waals surface area contributed by atoms with Crippen LogP contribution in [0.1, 0.15) is 53.4 Å². The maximum absolute atomic E-state index is 7.60. The minimum atomic E-state index is -0.398. The molecule has 0 radical (unpaired) electrons.